The van der Waals surface area contributed by atoms with E-state index >= 15 is 0 Å². The molecule has 0 aromatic rings. The Hall–Kier alpha value is 0.392. The van der Waals surface area contributed by atoms with Crippen molar-refractivity contribution < 1.29 is 9.90 Å². The molecule has 0 radical (unpaired) electrons. The van der Waals surface area contributed by atoms with Gasteiger partial charge in [-0.3, -0.25) is 0 Å². The van der Waals surface area contributed by atoms with Crippen molar-refractivity contribution in [3.8, 4) is 0 Å². The zero-order valence-corrected chi connectivity index (χ0v) is 12.6. The third kappa shape index (κ3) is 6.46. The fraction of sp³-hybridized carbons (Fsp3) is 0.900. The first-order valence-electron chi connectivity index (χ1n) is 4.99. The van der Waals surface area contributed by atoms with Crippen LogP contribution in [0, 0.1) is 5.92 Å². The van der Waals surface area contributed by atoms with E-state index in [0.29, 0.717) is 0 Å². The summed E-state index contributed by atoms with van der Waals surface area (Å²) >= 11 is 0. The first-order valence-corrected chi connectivity index (χ1v) is 4.99. The van der Waals surface area contributed by atoms with E-state index < -0.39 is 5.97 Å². The van der Waals surface area contributed by atoms with Crippen LogP contribution >= 0.6 is 0 Å². The van der Waals surface area contributed by atoms with Crippen molar-refractivity contribution in [2.75, 3.05) is 0 Å². The smallest absolute Gasteiger partial charge is 0.550 e. The Morgan fingerprint density at radius 3 is 2.38 bits per heavy atom. The second-order valence-corrected chi connectivity index (χ2v) is 3.77. The molecule has 1 fully saturated rings. The Morgan fingerprint density at radius 1 is 1.23 bits per heavy atom. The third-order valence-electron chi connectivity index (χ3n) is 2.72. The van der Waals surface area contributed by atoms with Crippen LogP contribution in [0.15, 0.2) is 0 Å². The molecule has 0 aromatic carbocycles. The van der Waals surface area contributed by atoms with Crippen LogP contribution in [0.4, 0.5) is 0 Å². The summed E-state index contributed by atoms with van der Waals surface area (Å²) in [6.45, 7) is 0. The molecule has 0 bridgehead atoms. The second-order valence-electron chi connectivity index (χ2n) is 3.77. The SMILES string of the molecule is O=C([O-])CCCC1CCCCC1.[Tl+]. The fourth-order valence-electron chi connectivity index (χ4n) is 2.01. The van der Waals surface area contributed by atoms with Crippen LogP contribution in [-0.2, 0) is 4.79 Å². The molecule has 72 valence electrons. The van der Waals surface area contributed by atoms with Gasteiger partial charge >= 0.3 is 27.3 Å². The summed E-state index contributed by atoms with van der Waals surface area (Å²) in [5.74, 6) is -0.0936. The van der Waals surface area contributed by atoms with Gasteiger partial charge in [-0.15, -0.1) is 0 Å². The Balaban J connectivity index is 0.00000144. The molecular weight excluding hydrogens is 356 g/mol. The van der Waals surface area contributed by atoms with Crippen molar-refractivity contribution in [2.45, 2.75) is 51.4 Å². The molecule has 1 aliphatic rings. The van der Waals surface area contributed by atoms with E-state index in [9.17, 15) is 9.90 Å². The Morgan fingerprint density at radius 2 is 1.85 bits per heavy atom. The maximum atomic E-state index is 10.1. The predicted molar refractivity (Wildman–Crippen MR) is 51.2 cm³/mol. The first-order chi connectivity index (χ1) is 5.79. The van der Waals surface area contributed by atoms with Gasteiger partial charge < -0.3 is 9.90 Å². The minimum Gasteiger partial charge on any atom is -0.550 e. The topological polar surface area (TPSA) is 40.1 Å². The van der Waals surface area contributed by atoms with Gasteiger partial charge in [-0.1, -0.05) is 38.5 Å². The number of carboxylic acids is 1. The van der Waals surface area contributed by atoms with E-state index in [1.54, 1.807) is 0 Å². The number of hydrogen-bond acceptors (Lipinski definition) is 2. The van der Waals surface area contributed by atoms with Crippen LogP contribution in [-0.4, -0.2) is 33.3 Å². The van der Waals surface area contributed by atoms with Gasteiger partial charge in [-0.25, -0.2) is 0 Å². The van der Waals surface area contributed by atoms with E-state index in [1.807, 2.05) is 0 Å². The number of carbonyl (C=O) groups excluding carboxylic acids is 1. The van der Waals surface area contributed by atoms with Crippen LogP contribution in [0.2, 0.25) is 0 Å². The monoisotopic (exact) mass is 374 g/mol. The largest absolute Gasteiger partial charge is 1.00 e. The van der Waals surface area contributed by atoms with E-state index in [-0.39, 0.29) is 33.7 Å². The fourth-order valence-corrected chi connectivity index (χ4v) is 2.01. The van der Waals surface area contributed by atoms with Crippen molar-refractivity contribution in [2.24, 2.45) is 5.92 Å². The number of aliphatic carboxylic acids is 1. The van der Waals surface area contributed by atoms with Crippen LogP contribution in [0.3, 0.4) is 0 Å². The van der Waals surface area contributed by atoms with Crippen molar-refractivity contribution >= 4 is 33.3 Å². The molecule has 0 atom stereocenters. The molecular formula is C10H17O2Tl. The van der Waals surface area contributed by atoms with Gasteiger partial charge in [0.1, 0.15) is 0 Å². The maximum absolute atomic E-state index is 10.1. The number of carboxylic acid groups (broad SMARTS) is 1. The Labute approximate surface area is 100 Å². The maximum Gasteiger partial charge on any atom is 1.00 e. The van der Waals surface area contributed by atoms with Crippen LogP contribution in [0.1, 0.15) is 51.4 Å². The molecule has 2 nitrogen and oxygen atoms in total. The average molecular weight is 374 g/mol. The minimum atomic E-state index is -0.897. The number of hydrogen-bond donors (Lipinski definition) is 0. The summed E-state index contributed by atoms with van der Waals surface area (Å²) in [6.07, 6.45) is 8.83. The third-order valence-corrected chi connectivity index (χ3v) is 2.72. The molecule has 3 heteroatoms. The molecule has 1 aliphatic carbocycles. The second kappa shape index (κ2) is 7.76. The summed E-state index contributed by atoms with van der Waals surface area (Å²) in [5.41, 5.74) is 0. The molecule has 0 N–H and O–H groups in total. The van der Waals surface area contributed by atoms with Gasteiger partial charge in [0.15, 0.2) is 0 Å². The molecule has 0 spiro atoms. The van der Waals surface area contributed by atoms with E-state index in [1.165, 1.54) is 32.1 Å². The summed E-state index contributed by atoms with van der Waals surface area (Å²) in [6, 6.07) is 0. The molecule has 0 unspecified atom stereocenters. The molecule has 1 saturated carbocycles. The molecule has 13 heavy (non-hydrogen) atoms. The van der Waals surface area contributed by atoms with Gasteiger partial charge in [-0.2, -0.15) is 0 Å². The molecule has 0 aromatic heterocycles. The molecule has 1 rings (SSSR count). The van der Waals surface area contributed by atoms with Crippen molar-refractivity contribution in [1.82, 2.24) is 0 Å². The average Bonchev–Trinajstić information content (AvgIpc) is 2.05. The van der Waals surface area contributed by atoms with E-state index in [2.05, 4.69) is 0 Å². The van der Waals surface area contributed by atoms with Gasteiger partial charge in [0.25, 0.3) is 0 Å². The van der Waals surface area contributed by atoms with Gasteiger partial charge in [-0.05, 0) is 18.8 Å². The molecule has 0 amide bonds. The minimum absolute atomic E-state index is 0. The van der Waals surface area contributed by atoms with Gasteiger partial charge in [0, 0.05) is 5.97 Å². The van der Waals surface area contributed by atoms with Crippen LogP contribution in [0.5, 0.6) is 0 Å². The van der Waals surface area contributed by atoms with Crippen LogP contribution in [0.25, 0.3) is 0 Å². The molecule has 0 aliphatic heterocycles. The Kier molecular flexibility index (Phi) is 8.00. The normalized spacial score (nSPS) is 17.8. The van der Waals surface area contributed by atoms with Crippen molar-refractivity contribution in [3.63, 3.8) is 0 Å². The quantitative estimate of drug-likeness (QED) is 0.693. The zero-order valence-electron chi connectivity index (χ0n) is 8.13. The van der Waals surface area contributed by atoms with Crippen LogP contribution < -0.4 is 5.11 Å². The van der Waals surface area contributed by atoms with Crippen molar-refractivity contribution in [3.05, 3.63) is 0 Å². The number of carbonyl (C=O) groups is 1. The summed E-state index contributed by atoms with van der Waals surface area (Å²) < 4.78 is 0. The zero-order chi connectivity index (χ0) is 8.81. The molecule has 0 heterocycles. The van der Waals surface area contributed by atoms with Gasteiger partial charge in [0.2, 0.25) is 0 Å². The summed E-state index contributed by atoms with van der Waals surface area (Å²) in [4.78, 5) is 10.1. The first kappa shape index (κ1) is 13.4. The summed E-state index contributed by atoms with van der Waals surface area (Å²) in [5, 5.41) is 10.1. The predicted octanol–water partition coefficient (Wildman–Crippen LogP) is 1.11. The van der Waals surface area contributed by atoms with Crippen molar-refractivity contribution in [1.29, 1.82) is 0 Å². The van der Waals surface area contributed by atoms with E-state index in [0.717, 1.165) is 18.8 Å². The van der Waals surface area contributed by atoms with Gasteiger partial charge in [0.05, 0.1) is 0 Å². The standard InChI is InChI=1S/C10H18O2.Tl/c11-10(12)8-4-7-9-5-2-1-3-6-9;/h9H,1-8H2,(H,11,12);/q;+1/p-1. The van der Waals surface area contributed by atoms with E-state index in [4.69, 9.17) is 0 Å². The summed E-state index contributed by atoms with van der Waals surface area (Å²) in [7, 11) is 0. The Bertz CT molecular complexity index is 142. The molecule has 0 saturated heterocycles. The number of rotatable bonds is 4.